The zero-order valence-corrected chi connectivity index (χ0v) is 18.1. The summed E-state index contributed by atoms with van der Waals surface area (Å²) in [5, 5.41) is 6.97. The quantitative estimate of drug-likeness (QED) is 0.400. The molecule has 1 atom stereocenters. The van der Waals surface area contributed by atoms with E-state index in [1.807, 2.05) is 38.3 Å². The molecule has 5 aromatic rings. The highest BCUT2D eigenvalue weighted by atomic mass is 35.5. The molecule has 0 N–H and O–H groups in total. The summed E-state index contributed by atoms with van der Waals surface area (Å²) in [6.45, 7) is 1.14. The number of rotatable bonds is 3. The predicted octanol–water partition coefficient (Wildman–Crippen LogP) is 4.48. The molecule has 8 nitrogen and oxygen atoms in total. The Morgan fingerprint density at radius 3 is 2.67 bits per heavy atom. The SMILES string of the molecule is O=C1c2c(Cl)cccc2-n2cnc(-c3noc(Cn4cc5ccccc5c4)n3)c2[C@@H]2CCN12. The fourth-order valence-electron chi connectivity index (χ4n) is 4.83. The van der Waals surface area contributed by atoms with E-state index in [0.717, 1.165) is 28.6 Å². The molecule has 0 aliphatic carbocycles. The highest BCUT2D eigenvalue weighted by molar-refractivity contribution is 6.34. The van der Waals surface area contributed by atoms with E-state index in [1.54, 1.807) is 12.4 Å². The lowest BCUT2D eigenvalue weighted by atomic mass is 9.97. The van der Waals surface area contributed by atoms with Gasteiger partial charge < -0.3 is 14.0 Å². The van der Waals surface area contributed by atoms with Gasteiger partial charge in [0, 0.05) is 18.9 Å². The third kappa shape index (κ3) is 2.70. The number of fused-ring (bicyclic) bond motifs is 6. The van der Waals surface area contributed by atoms with Crippen molar-refractivity contribution in [3.05, 3.63) is 83.4 Å². The minimum Gasteiger partial charge on any atom is -0.344 e. The molecular formula is C24H17ClN6O2. The second kappa shape index (κ2) is 6.79. The first-order valence-electron chi connectivity index (χ1n) is 10.7. The second-order valence-electron chi connectivity index (χ2n) is 8.36. The van der Waals surface area contributed by atoms with Gasteiger partial charge in [-0.15, -0.1) is 0 Å². The van der Waals surface area contributed by atoms with Crippen molar-refractivity contribution in [2.45, 2.75) is 19.0 Å². The molecule has 0 saturated carbocycles. The molecule has 9 heteroatoms. The number of amides is 1. The summed E-state index contributed by atoms with van der Waals surface area (Å²) in [5.41, 5.74) is 2.73. The van der Waals surface area contributed by atoms with E-state index in [0.29, 0.717) is 41.1 Å². The maximum absolute atomic E-state index is 13.2. The molecule has 0 bridgehead atoms. The van der Waals surface area contributed by atoms with Crippen molar-refractivity contribution in [3.63, 3.8) is 0 Å². The van der Waals surface area contributed by atoms with Gasteiger partial charge in [0.1, 0.15) is 18.6 Å². The molecule has 1 fully saturated rings. The van der Waals surface area contributed by atoms with E-state index in [-0.39, 0.29) is 11.9 Å². The van der Waals surface area contributed by atoms with Gasteiger partial charge in [-0.3, -0.25) is 9.36 Å². The molecule has 0 radical (unpaired) electrons. The maximum Gasteiger partial charge on any atom is 0.258 e. The minimum atomic E-state index is -0.102. The largest absolute Gasteiger partial charge is 0.344 e. The number of carbonyl (C=O) groups is 1. The molecule has 1 saturated heterocycles. The lowest BCUT2D eigenvalue weighted by Crippen LogP contribution is -2.44. The molecule has 0 spiro atoms. The van der Waals surface area contributed by atoms with Crippen LogP contribution in [0.5, 0.6) is 0 Å². The summed E-state index contributed by atoms with van der Waals surface area (Å²) in [4.78, 5) is 24.3. The zero-order chi connectivity index (χ0) is 22.1. The van der Waals surface area contributed by atoms with Crippen LogP contribution in [0.1, 0.15) is 34.4 Å². The first kappa shape index (κ1) is 18.6. The average Bonchev–Trinajstić information content (AvgIpc) is 3.49. The first-order valence-corrected chi connectivity index (χ1v) is 11.1. The monoisotopic (exact) mass is 456 g/mol. The van der Waals surface area contributed by atoms with Crippen molar-refractivity contribution in [3.8, 4) is 17.2 Å². The minimum absolute atomic E-state index is 0.0602. The molecule has 162 valence electrons. The highest BCUT2D eigenvalue weighted by Crippen LogP contribution is 2.44. The third-order valence-electron chi connectivity index (χ3n) is 6.47. The Morgan fingerprint density at radius 1 is 1.09 bits per heavy atom. The van der Waals surface area contributed by atoms with Crippen LogP contribution in [-0.2, 0) is 6.54 Å². The first-order chi connectivity index (χ1) is 16.2. The molecule has 2 aliphatic heterocycles. The van der Waals surface area contributed by atoms with Crippen molar-refractivity contribution in [2.75, 3.05) is 6.54 Å². The molecule has 7 rings (SSSR count). The number of halogens is 1. The Balaban J connectivity index is 1.29. The van der Waals surface area contributed by atoms with Crippen LogP contribution in [0.25, 0.3) is 28.0 Å². The average molecular weight is 457 g/mol. The Bertz CT molecular complexity index is 1530. The van der Waals surface area contributed by atoms with Gasteiger partial charge in [0.25, 0.3) is 5.91 Å². The number of hydrogen-bond acceptors (Lipinski definition) is 5. The van der Waals surface area contributed by atoms with Gasteiger partial charge in [-0.2, -0.15) is 4.98 Å². The number of aromatic nitrogens is 5. The molecule has 2 aliphatic rings. The lowest BCUT2D eigenvalue weighted by Gasteiger charge is -2.39. The number of benzene rings is 2. The van der Waals surface area contributed by atoms with E-state index >= 15 is 0 Å². The van der Waals surface area contributed by atoms with Gasteiger partial charge >= 0.3 is 0 Å². The summed E-state index contributed by atoms with van der Waals surface area (Å²) in [5.74, 6) is 0.848. The summed E-state index contributed by atoms with van der Waals surface area (Å²) < 4.78 is 9.53. The summed E-state index contributed by atoms with van der Waals surface area (Å²) in [6, 6.07) is 13.5. The molecular weight excluding hydrogens is 440 g/mol. The van der Waals surface area contributed by atoms with E-state index in [1.165, 1.54) is 0 Å². The molecule has 5 heterocycles. The van der Waals surface area contributed by atoms with E-state index in [4.69, 9.17) is 16.1 Å². The van der Waals surface area contributed by atoms with Crippen LogP contribution >= 0.6 is 11.6 Å². The summed E-state index contributed by atoms with van der Waals surface area (Å²) in [7, 11) is 0. The van der Waals surface area contributed by atoms with Crippen LogP contribution in [-0.4, -0.2) is 41.6 Å². The van der Waals surface area contributed by atoms with Crippen molar-refractivity contribution in [1.82, 2.24) is 29.2 Å². The normalized spacial score (nSPS) is 16.8. The van der Waals surface area contributed by atoms with Gasteiger partial charge in [-0.25, -0.2) is 4.98 Å². The van der Waals surface area contributed by atoms with Crippen LogP contribution in [0.3, 0.4) is 0 Å². The maximum atomic E-state index is 13.2. The van der Waals surface area contributed by atoms with Crippen molar-refractivity contribution in [2.24, 2.45) is 0 Å². The Kier molecular flexibility index (Phi) is 3.84. The number of nitrogens with zero attached hydrogens (tertiary/aromatic N) is 6. The number of hydrogen-bond donors (Lipinski definition) is 0. The van der Waals surface area contributed by atoms with E-state index < -0.39 is 0 Å². The molecule has 1 amide bonds. The van der Waals surface area contributed by atoms with Crippen LogP contribution in [0.4, 0.5) is 0 Å². The van der Waals surface area contributed by atoms with E-state index in [2.05, 4.69) is 39.7 Å². The number of carbonyl (C=O) groups excluding carboxylic acids is 1. The van der Waals surface area contributed by atoms with Crippen LogP contribution in [0.2, 0.25) is 5.02 Å². The van der Waals surface area contributed by atoms with E-state index in [9.17, 15) is 4.79 Å². The van der Waals surface area contributed by atoms with Crippen molar-refractivity contribution >= 4 is 28.3 Å². The van der Waals surface area contributed by atoms with Crippen molar-refractivity contribution < 1.29 is 9.32 Å². The van der Waals surface area contributed by atoms with Gasteiger partial charge in [0.15, 0.2) is 0 Å². The van der Waals surface area contributed by atoms with Gasteiger partial charge in [-0.05, 0) is 29.3 Å². The van der Waals surface area contributed by atoms with Crippen molar-refractivity contribution in [1.29, 1.82) is 0 Å². The third-order valence-corrected chi connectivity index (χ3v) is 6.78. The lowest BCUT2D eigenvalue weighted by molar-refractivity contribution is 0.0461. The standard InChI is InChI=1S/C24H17ClN6O2/c25-16-6-3-7-17-20(16)24(32)30-9-8-18(30)22-21(26-13-31(17)22)23-27-19(33-28-23)12-29-10-14-4-1-2-5-15(14)11-29/h1-7,10-11,13,18H,8-9,12H2/t18-/m0/s1. The zero-order valence-electron chi connectivity index (χ0n) is 17.3. The molecule has 2 aromatic carbocycles. The Hall–Kier alpha value is -3.91. The Labute approximate surface area is 193 Å². The van der Waals surface area contributed by atoms with Crippen LogP contribution in [0.15, 0.2) is 65.7 Å². The number of imidazole rings is 1. The van der Waals surface area contributed by atoms with Gasteiger partial charge in [0.2, 0.25) is 11.7 Å². The predicted molar refractivity (Wildman–Crippen MR) is 121 cm³/mol. The van der Waals surface area contributed by atoms with Crippen LogP contribution in [0, 0.1) is 0 Å². The fourth-order valence-corrected chi connectivity index (χ4v) is 5.08. The second-order valence-corrected chi connectivity index (χ2v) is 8.76. The highest BCUT2D eigenvalue weighted by Gasteiger charge is 2.43. The molecule has 3 aromatic heterocycles. The summed E-state index contributed by atoms with van der Waals surface area (Å²) in [6.07, 6.45) is 6.67. The Morgan fingerprint density at radius 2 is 1.91 bits per heavy atom. The van der Waals surface area contributed by atoms with Crippen LogP contribution < -0.4 is 0 Å². The molecule has 33 heavy (non-hydrogen) atoms. The summed E-state index contributed by atoms with van der Waals surface area (Å²) >= 11 is 6.42. The fraction of sp³-hybridized carbons (Fsp3) is 0.167. The smallest absolute Gasteiger partial charge is 0.258 e. The van der Waals surface area contributed by atoms with Gasteiger partial charge in [-0.1, -0.05) is 47.1 Å². The van der Waals surface area contributed by atoms with Gasteiger partial charge in [0.05, 0.1) is 28.0 Å². The topological polar surface area (TPSA) is 82.0 Å². The molecule has 0 unspecified atom stereocenters.